The summed E-state index contributed by atoms with van der Waals surface area (Å²) >= 11 is 0. The maximum absolute atomic E-state index is 6.09. The monoisotopic (exact) mass is 265 g/mol. The van der Waals surface area contributed by atoms with Gasteiger partial charge in [-0.05, 0) is 38.1 Å². The Labute approximate surface area is 119 Å². The van der Waals surface area contributed by atoms with E-state index >= 15 is 0 Å². The van der Waals surface area contributed by atoms with Gasteiger partial charge >= 0.3 is 0 Å². The van der Waals surface area contributed by atoms with Gasteiger partial charge in [-0.25, -0.2) is 0 Å². The largest absolute Gasteiger partial charge is 0.456 e. The molecular weight excluding hydrogens is 246 g/mol. The van der Waals surface area contributed by atoms with E-state index in [-0.39, 0.29) is 0 Å². The summed E-state index contributed by atoms with van der Waals surface area (Å²) in [5.41, 5.74) is 4.57. The highest BCUT2D eigenvalue weighted by Crippen LogP contribution is 2.33. The molecule has 102 valence electrons. The van der Waals surface area contributed by atoms with Crippen LogP contribution in [0.15, 0.2) is 52.9 Å². The fraction of sp³-hybridized carbons (Fsp3) is 0.222. The van der Waals surface area contributed by atoms with Crippen molar-refractivity contribution in [1.82, 2.24) is 5.32 Å². The van der Waals surface area contributed by atoms with Gasteiger partial charge in [0.05, 0.1) is 0 Å². The SMILES string of the molecule is CNC(C)c1ccccc1-c1cc2cccc(C)c2o1. The molecule has 0 spiro atoms. The summed E-state index contributed by atoms with van der Waals surface area (Å²) in [6.07, 6.45) is 0. The summed E-state index contributed by atoms with van der Waals surface area (Å²) in [7, 11) is 1.98. The summed E-state index contributed by atoms with van der Waals surface area (Å²) in [5, 5.41) is 4.45. The molecule has 3 aromatic rings. The zero-order chi connectivity index (χ0) is 14.1. The zero-order valence-corrected chi connectivity index (χ0v) is 12.1. The fourth-order valence-corrected chi connectivity index (χ4v) is 2.60. The highest BCUT2D eigenvalue weighted by atomic mass is 16.3. The number of furan rings is 1. The number of benzene rings is 2. The van der Waals surface area contributed by atoms with Crippen molar-refractivity contribution in [2.75, 3.05) is 7.05 Å². The lowest BCUT2D eigenvalue weighted by Gasteiger charge is -2.14. The average molecular weight is 265 g/mol. The van der Waals surface area contributed by atoms with Crippen LogP contribution >= 0.6 is 0 Å². The number of aryl methyl sites for hydroxylation is 1. The first kappa shape index (κ1) is 12.9. The van der Waals surface area contributed by atoms with E-state index in [1.807, 2.05) is 7.05 Å². The fourth-order valence-electron chi connectivity index (χ4n) is 2.60. The first-order valence-electron chi connectivity index (χ1n) is 6.96. The van der Waals surface area contributed by atoms with Gasteiger partial charge in [0, 0.05) is 17.0 Å². The lowest BCUT2D eigenvalue weighted by atomic mass is 9.99. The predicted octanol–water partition coefficient (Wildman–Crippen LogP) is 4.69. The Kier molecular flexibility index (Phi) is 3.33. The van der Waals surface area contributed by atoms with Gasteiger partial charge in [-0.2, -0.15) is 0 Å². The van der Waals surface area contributed by atoms with Gasteiger partial charge in [0.15, 0.2) is 0 Å². The Bertz CT molecular complexity index is 742. The normalized spacial score (nSPS) is 12.8. The molecule has 2 nitrogen and oxygen atoms in total. The van der Waals surface area contributed by atoms with Crippen LogP contribution < -0.4 is 5.32 Å². The topological polar surface area (TPSA) is 25.2 Å². The van der Waals surface area contributed by atoms with Crippen LogP contribution in [0.1, 0.15) is 24.1 Å². The smallest absolute Gasteiger partial charge is 0.137 e. The first-order valence-corrected chi connectivity index (χ1v) is 6.96. The molecule has 0 aliphatic carbocycles. The van der Waals surface area contributed by atoms with E-state index < -0.39 is 0 Å². The van der Waals surface area contributed by atoms with Crippen molar-refractivity contribution >= 4 is 11.0 Å². The van der Waals surface area contributed by atoms with E-state index in [0.29, 0.717) is 6.04 Å². The minimum atomic E-state index is 0.292. The van der Waals surface area contributed by atoms with E-state index in [0.717, 1.165) is 22.3 Å². The molecule has 1 unspecified atom stereocenters. The zero-order valence-electron chi connectivity index (χ0n) is 12.1. The molecule has 0 saturated carbocycles. The standard InChI is InChI=1S/C18H19NO/c1-12-7-6-8-14-11-17(20-18(12)14)16-10-5-4-9-15(16)13(2)19-3/h4-11,13,19H,1-3H3. The second-order valence-electron chi connectivity index (χ2n) is 5.20. The molecule has 3 rings (SSSR count). The molecule has 0 saturated heterocycles. The van der Waals surface area contributed by atoms with E-state index in [1.54, 1.807) is 0 Å². The molecule has 2 aromatic carbocycles. The molecule has 0 aliphatic heterocycles. The molecule has 2 heteroatoms. The van der Waals surface area contributed by atoms with Gasteiger partial charge in [0.1, 0.15) is 11.3 Å². The Morgan fingerprint density at radius 1 is 1.05 bits per heavy atom. The molecule has 1 N–H and O–H groups in total. The minimum absolute atomic E-state index is 0.292. The van der Waals surface area contributed by atoms with Crippen LogP contribution in [0.5, 0.6) is 0 Å². The van der Waals surface area contributed by atoms with Crippen molar-refractivity contribution in [1.29, 1.82) is 0 Å². The first-order chi connectivity index (χ1) is 9.70. The second kappa shape index (κ2) is 5.14. The van der Waals surface area contributed by atoms with Crippen molar-refractivity contribution in [2.45, 2.75) is 19.9 Å². The van der Waals surface area contributed by atoms with Gasteiger partial charge in [0.25, 0.3) is 0 Å². The maximum Gasteiger partial charge on any atom is 0.137 e. The Morgan fingerprint density at radius 2 is 1.85 bits per heavy atom. The minimum Gasteiger partial charge on any atom is -0.456 e. The number of rotatable bonds is 3. The third-order valence-electron chi connectivity index (χ3n) is 3.87. The summed E-state index contributed by atoms with van der Waals surface area (Å²) in [6, 6.07) is 17.1. The highest BCUT2D eigenvalue weighted by molar-refractivity contribution is 5.85. The van der Waals surface area contributed by atoms with E-state index in [4.69, 9.17) is 4.42 Å². The Balaban J connectivity index is 2.18. The third-order valence-corrected chi connectivity index (χ3v) is 3.87. The van der Waals surface area contributed by atoms with Gasteiger partial charge in [-0.3, -0.25) is 0 Å². The van der Waals surface area contributed by atoms with Crippen LogP contribution in [-0.2, 0) is 0 Å². The molecule has 1 atom stereocenters. The molecular formula is C18H19NO. The van der Waals surface area contributed by atoms with Crippen LogP contribution in [0, 0.1) is 6.92 Å². The lowest BCUT2D eigenvalue weighted by Crippen LogP contribution is -2.13. The number of nitrogens with one attached hydrogen (secondary N) is 1. The molecule has 0 radical (unpaired) electrons. The van der Waals surface area contributed by atoms with E-state index in [9.17, 15) is 0 Å². The van der Waals surface area contributed by atoms with E-state index in [2.05, 4.69) is 67.7 Å². The van der Waals surface area contributed by atoms with Crippen LogP contribution in [0.25, 0.3) is 22.3 Å². The van der Waals surface area contributed by atoms with Crippen LogP contribution in [0.2, 0.25) is 0 Å². The van der Waals surface area contributed by atoms with Gasteiger partial charge in [-0.1, -0.05) is 42.5 Å². The average Bonchev–Trinajstić information content (AvgIpc) is 2.92. The molecule has 0 bridgehead atoms. The Morgan fingerprint density at radius 3 is 2.60 bits per heavy atom. The van der Waals surface area contributed by atoms with Crippen LogP contribution in [0.3, 0.4) is 0 Å². The Hall–Kier alpha value is -2.06. The van der Waals surface area contributed by atoms with Gasteiger partial charge < -0.3 is 9.73 Å². The van der Waals surface area contributed by atoms with Crippen LogP contribution in [-0.4, -0.2) is 7.05 Å². The molecule has 20 heavy (non-hydrogen) atoms. The number of hydrogen-bond donors (Lipinski definition) is 1. The summed E-state index contributed by atoms with van der Waals surface area (Å²) < 4.78 is 6.09. The maximum atomic E-state index is 6.09. The third kappa shape index (κ3) is 2.12. The number of fused-ring (bicyclic) bond motifs is 1. The molecule has 0 fully saturated rings. The summed E-state index contributed by atoms with van der Waals surface area (Å²) in [5.74, 6) is 0.937. The number of hydrogen-bond acceptors (Lipinski definition) is 2. The molecule has 1 heterocycles. The predicted molar refractivity (Wildman–Crippen MR) is 83.9 cm³/mol. The van der Waals surface area contributed by atoms with Crippen molar-refractivity contribution in [2.24, 2.45) is 0 Å². The second-order valence-corrected chi connectivity index (χ2v) is 5.20. The van der Waals surface area contributed by atoms with Crippen molar-refractivity contribution in [3.63, 3.8) is 0 Å². The molecule has 0 aliphatic rings. The number of para-hydroxylation sites is 1. The van der Waals surface area contributed by atoms with E-state index in [1.165, 1.54) is 11.1 Å². The highest BCUT2D eigenvalue weighted by Gasteiger charge is 2.14. The quantitative estimate of drug-likeness (QED) is 0.743. The van der Waals surface area contributed by atoms with Crippen molar-refractivity contribution in [3.8, 4) is 11.3 Å². The van der Waals surface area contributed by atoms with Gasteiger partial charge in [0.2, 0.25) is 0 Å². The summed E-state index contributed by atoms with van der Waals surface area (Å²) in [4.78, 5) is 0. The van der Waals surface area contributed by atoms with Crippen molar-refractivity contribution in [3.05, 3.63) is 59.7 Å². The molecule has 1 aromatic heterocycles. The lowest BCUT2D eigenvalue weighted by molar-refractivity contribution is 0.618. The van der Waals surface area contributed by atoms with Gasteiger partial charge in [-0.15, -0.1) is 0 Å². The summed E-state index contributed by atoms with van der Waals surface area (Å²) in [6.45, 7) is 4.24. The van der Waals surface area contributed by atoms with Crippen LogP contribution in [0.4, 0.5) is 0 Å². The molecule has 0 amide bonds. The van der Waals surface area contributed by atoms with Crippen molar-refractivity contribution < 1.29 is 4.42 Å².